The highest BCUT2D eigenvalue weighted by atomic mass is 127. The van der Waals surface area contributed by atoms with Gasteiger partial charge >= 0.3 is 5.97 Å². The van der Waals surface area contributed by atoms with Gasteiger partial charge in [-0.3, -0.25) is 9.59 Å². The van der Waals surface area contributed by atoms with E-state index in [-0.39, 0.29) is 5.91 Å². The summed E-state index contributed by atoms with van der Waals surface area (Å²) in [5.41, 5.74) is 1.58. The van der Waals surface area contributed by atoms with Gasteiger partial charge in [-0.2, -0.15) is 0 Å². The Bertz CT molecular complexity index is 560. The molecule has 0 bridgehead atoms. The number of amides is 1. The van der Waals surface area contributed by atoms with E-state index in [0.717, 1.165) is 22.0 Å². The number of hydrogen-bond donors (Lipinski definition) is 1. The number of benzene rings is 1. The zero-order valence-electron chi connectivity index (χ0n) is 11.2. The topological polar surface area (TPSA) is 57.6 Å². The quantitative estimate of drug-likeness (QED) is 0.522. The molecular formula is C13H14I3NO3. The largest absolute Gasteiger partial charge is 0.481 e. The lowest BCUT2D eigenvalue weighted by molar-refractivity contribution is -0.138. The second kappa shape index (κ2) is 7.56. The molecule has 1 aromatic rings. The summed E-state index contributed by atoms with van der Waals surface area (Å²) in [6, 6.07) is 1.93. The lowest BCUT2D eigenvalue weighted by atomic mass is 9.96. The van der Waals surface area contributed by atoms with Crippen molar-refractivity contribution in [1.82, 2.24) is 0 Å². The predicted octanol–water partition coefficient (Wildman–Crippen LogP) is 4.06. The van der Waals surface area contributed by atoms with Crippen molar-refractivity contribution in [1.29, 1.82) is 0 Å². The second-order valence-corrected chi connectivity index (χ2v) is 7.70. The van der Waals surface area contributed by atoms with Crippen LogP contribution in [0, 0.1) is 10.7 Å². The van der Waals surface area contributed by atoms with E-state index in [1.54, 1.807) is 11.9 Å². The molecule has 0 heterocycles. The number of halogens is 3. The molecule has 1 atom stereocenters. The minimum atomic E-state index is -0.832. The molecule has 0 aliphatic heterocycles. The zero-order valence-corrected chi connectivity index (χ0v) is 17.7. The van der Waals surface area contributed by atoms with Gasteiger partial charge in [0.15, 0.2) is 0 Å². The van der Waals surface area contributed by atoms with Gasteiger partial charge in [0.2, 0.25) is 5.91 Å². The smallest absolute Gasteiger partial charge is 0.311 e. The minimum absolute atomic E-state index is 0.0728. The van der Waals surface area contributed by atoms with Crippen molar-refractivity contribution < 1.29 is 14.7 Å². The summed E-state index contributed by atoms with van der Waals surface area (Å²) in [5.74, 6) is -1.46. The summed E-state index contributed by atoms with van der Waals surface area (Å²) >= 11 is 6.49. The number of aliphatic carboxylic acids is 1. The van der Waals surface area contributed by atoms with Gasteiger partial charge in [0.05, 0.1) is 11.6 Å². The Labute approximate surface area is 159 Å². The molecule has 1 amide bonds. The molecule has 0 aliphatic rings. The first-order valence-electron chi connectivity index (χ1n) is 5.86. The molecule has 1 N–H and O–H groups in total. The van der Waals surface area contributed by atoms with Crippen LogP contribution in [0.2, 0.25) is 0 Å². The highest BCUT2D eigenvalue weighted by Gasteiger charge is 2.27. The molecule has 0 spiro atoms. The summed E-state index contributed by atoms with van der Waals surface area (Å²) in [4.78, 5) is 24.6. The summed E-state index contributed by atoms with van der Waals surface area (Å²) in [7, 11) is 1.71. The molecular weight excluding hydrogens is 599 g/mol. The fourth-order valence-electron chi connectivity index (χ4n) is 1.88. The number of carbonyl (C=O) groups is 2. The Balaban J connectivity index is 3.59. The van der Waals surface area contributed by atoms with Crippen LogP contribution in [0.3, 0.4) is 0 Å². The van der Waals surface area contributed by atoms with E-state index in [1.165, 1.54) is 6.92 Å². The van der Waals surface area contributed by atoms with Gasteiger partial charge in [-0.05, 0) is 85.8 Å². The van der Waals surface area contributed by atoms with E-state index in [0.29, 0.717) is 6.42 Å². The number of hydrogen-bond acceptors (Lipinski definition) is 2. The molecule has 110 valence electrons. The third-order valence-electron chi connectivity index (χ3n) is 3.04. The molecule has 0 aromatic heterocycles. The van der Waals surface area contributed by atoms with Crippen LogP contribution < -0.4 is 4.90 Å². The number of anilines is 1. The van der Waals surface area contributed by atoms with Crippen molar-refractivity contribution in [3.8, 4) is 0 Å². The molecule has 0 fully saturated rings. The van der Waals surface area contributed by atoms with Crippen LogP contribution in [0.25, 0.3) is 0 Å². The molecule has 0 saturated carbocycles. The third-order valence-corrected chi connectivity index (χ3v) is 5.85. The molecule has 7 heteroatoms. The van der Waals surface area contributed by atoms with E-state index in [4.69, 9.17) is 0 Å². The number of carbonyl (C=O) groups excluding carboxylic acids is 1. The van der Waals surface area contributed by atoms with Gasteiger partial charge in [-0.15, -0.1) is 0 Å². The Morgan fingerprint density at radius 3 is 2.25 bits per heavy atom. The SMILES string of the molecule is CCC(C(=O)O)c1c(I)cc(I)c(N(C)C(C)=O)c1I. The van der Waals surface area contributed by atoms with Crippen LogP contribution in [-0.4, -0.2) is 24.0 Å². The molecule has 0 aliphatic carbocycles. The lowest BCUT2D eigenvalue weighted by Gasteiger charge is -2.24. The Morgan fingerprint density at radius 2 is 1.85 bits per heavy atom. The monoisotopic (exact) mass is 613 g/mol. The first-order valence-corrected chi connectivity index (χ1v) is 9.10. The standard InChI is InChI=1S/C13H14I3NO3/c1-4-7(13(19)20)10-8(14)5-9(15)12(11(10)16)17(3)6(2)18/h5,7H,4H2,1-3H3,(H,19,20). The first-order chi connectivity index (χ1) is 9.22. The van der Waals surface area contributed by atoms with Crippen LogP contribution in [-0.2, 0) is 9.59 Å². The van der Waals surface area contributed by atoms with Crippen LogP contribution in [0.15, 0.2) is 6.07 Å². The van der Waals surface area contributed by atoms with Crippen LogP contribution in [0.4, 0.5) is 5.69 Å². The van der Waals surface area contributed by atoms with Gasteiger partial charge in [-0.1, -0.05) is 6.92 Å². The van der Waals surface area contributed by atoms with Gasteiger partial charge in [-0.25, -0.2) is 0 Å². The van der Waals surface area contributed by atoms with Crippen molar-refractivity contribution in [3.63, 3.8) is 0 Å². The maximum absolute atomic E-state index is 11.6. The van der Waals surface area contributed by atoms with Gasteiger partial charge < -0.3 is 10.0 Å². The third kappa shape index (κ3) is 3.76. The minimum Gasteiger partial charge on any atom is -0.481 e. The average molecular weight is 613 g/mol. The van der Waals surface area contributed by atoms with Crippen molar-refractivity contribution in [2.45, 2.75) is 26.2 Å². The number of nitrogens with zero attached hydrogens (tertiary/aromatic N) is 1. The molecule has 1 aromatic carbocycles. The maximum atomic E-state index is 11.6. The van der Waals surface area contributed by atoms with E-state index < -0.39 is 11.9 Å². The highest BCUT2D eigenvalue weighted by molar-refractivity contribution is 14.1. The fraction of sp³-hybridized carbons (Fsp3) is 0.385. The Kier molecular flexibility index (Phi) is 6.96. The van der Waals surface area contributed by atoms with Crippen LogP contribution >= 0.6 is 67.8 Å². The van der Waals surface area contributed by atoms with Crippen LogP contribution in [0.1, 0.15) is 31.7 Å². The van der Waals surface area contributed by atoms with E-state index in [1.807, 2.05) is 13.0 Å². The fourth-order valence-corrected chi connectivity index (χ4v) is 6.73. The molecule has 20 heavy (non-hydrogen) atoms. The Morgan fingerprint density at radius 1 is 1.30 bits per heavy atom. The number of carboxylic acids is 1. The highest BCUT2D eigenvalue weighted by Crippen LogP contribution is 2.38. The van der Waals surface area contributed by atoms with E-state index in [2.05, 4.69) is 67.8 Å². The first kappa shape index (κ1) is 18.4. The van der Waals surface area contributed by atoms with Gasteiger partial charge in [0.25, 0.3) is 0 Å². The van der Waals surface area contributed by atoms with Crippen molar-refractivity contribution in [2.75, 3.05) is 11.9 Å². The van der Waals surface area contributed by atoms with Crippen molar-refractivity contribution in [3.05, 3.63) is 22.3 Å². The van der Waals surface area contributed by atoms with E-state index in [9.17, 15) is 14.7 Å². The Hall–Kier alpha value is 0.350. The summed E-state index contributed by atoms with van der Waals surface area (Å²) in [5, 5.41) is 9.39. The van der Waals surface area contributed by atoms with Gasteiger partial charge in [0.1, 0.15) is 0 Å². The van der Waals surface area contributed by atoms with E-state index >= 15 is 0 Å². The zero-order chi connectivity index (χ0) is 15.6. The maximum Gasteiger partial charge on any atom is 0.311 e. The molecule has 0 saturated heterocycles. The second-order valence-electron chi connectivity index (χ2n) is 4.29. The summed E-state index contributed by atoms with van der Waals surface area (Å²) < 4.78 is 2.70. The molecule has 1 unspecified atom stereocenters. The van der Waals surface area contributed by atoms with Crippen LogP contribution in [0.5, 0.6) is 0 Å². The number of rotatable bonds is 4. The summed E-state index contributed by atoms with van der Waals surface area (Å²) in [6.07, 6.45) is 0.519. The average Bonchev–Trinajstić information content (AvgIpc) is 2.33. The molecule has 0 radical (unpaired) electrons. The molecule has 4 nitrogen and oxygen atoms in total. The van der Waals surface area contributed by atoms with Crippen molar-refractivity contribution in [2.24, 2.45) is 0 Å². The lowest BCUT2D eigenvalue weighted by Crippen LogP contribution is -2.26. The van der Waals surface area contributed by atoms with Gasteiger partial charge in [0, 0.05) is 24.7 Å². The summed E-state index contributed by atoms with van der Waals surface area (Å²) in [6.45, 7) is 3.36. The normalized spacial score (nSPS) is 12.1. The molecule has 1 rings (SSSR count). The van der Waals surface area contributed by atoms with Crippen molar-refractivity contribution >= 4 is 85.3 Å². The predicted molar refractivity (Wildman–Crippen MR) is 104 cm³/mol. The number of carboxylic acid groups (broad SMARTS) is 1.